The van der Waals surface area contributed by atoms with E-state index in [2.05, 4.69) is 4.72 Å². The summed E-state index contributed by atoms with van der Waals surface area (Å²) in [5, 5.41) is 0. The zero-order valence-electron chi connectivity index (χ0n) is 9.49. The Labute approximate surface area is 92.3 Å². The molecule has 2 N–H and O–H groups in total. The van der Waals surface area contributed by atoms with Gasteiger partial charge in [0.25, 0.3) is 0 Å². The van der Waals surface area contributed by atoms with Crippen molar-refractivity contribution in [2.45, 2.75) is 57.9 Å². The van der Waals surface area contributed by atoms with Crippen LogP contribution < -0.4 is 4.72 Å². The SMILES string of the molecule is CCC(C)C1(NS(=O)(=O)O)CCCCC1. The molecule has 4 nitrogen and oxygen atoms in total. The summed E-state index contributed by atoms with van der Waals surface area (Å²) in [6.45, 7) is 4.09. The zero-order valence-corrected chi connectivity index (χ0v) is 10.3. The lowest BCUT2D eigenvalue weighted by Gasteiger charge is -2.41. The lowest BCUT2D eigenvalue weighted by atomic mass is 9.73. The summed E-state index contributed by atoms with van der Waals surface area (Å²) in [5.74, 6) is 0.264. The molecule has 0 saturated heterocycles. The molecular formula is C10H21NO3S. The largest absolute Gasteiger partial charge is 0.333 e. The summed E-state index contributed by atoms with van der Waals surface area (Å²) in [4.78, 5) is 0. The molecule has 1 aliphatic rings. The van der Waals surface area contributed by atoms with Gasteiger partial charge in [-0.05, 0) is 18.8 Å². The molecule has 90 valence electrons. The summed E-state index contributed by atoms with van der Waals surface area (Å²) >= 11 is 0. The van der Waals surface area contributed by atoms with Gasteiger partial charge in [0.1, 0.15) is 0 Å². The molecule has 1 saturated carbocycles. The summed E-state index contributed by atoms with van der Waals surface area (Å²) in [6, 6.07) is 0. The van der Waals surface area contributed by atoms with Gasteiger partial charge in [-0.1, -0.05) is 39.5 Å². The second kappa shape index (κ2) is 4.80. The van der Waals surface area contributed by atoms with E-state index in [1.165, 1.54) is 0 Å². The molecule has 5 heteroatoms. The van der Waals surface area contributed by atoms with E-state index in [9.17, 15) is 8.42 Å². The van der Waals surface area contributed by atoms with E-state index in [0.717, 1.165) is 38.5 Å². The van der Waals surface area contributed by atoms with Crippen molar-refractivity contribution in [2.24, 2.45) is 5.92 Å². The number of hydrogen-bond acceptors (Lipinski definition) is 2. The van der Waals surface area contributed by atoms with Crippen molar-refractivity contribution < 1.29 is 13.0 Å². The Balaban J connectivity index is 2.85. The Morgan fingerprint density at radius 1 is 1.33 bits per heavy atom. The molecule has 1 aliphatic carbocycles. The highest BCUT2D eigenvalue weighted by Crippen LogP contribution is 2.36. The Morgan fingerprint density at radius 2 is 1.87 bits per heavy atom. The summed E-state index contributed by atoms with van der Waals surface area (Å²) in [7, 11) is -4.09. The predicted molar refractivity (Wildman–Crippen MR) is 60.0 cm³/mol. The average Bonchev–Trinajstić information content (AvgIpc) is 2.15. The van der Waals surface area contributed by atoms with Crippen molar-refractivity contribution in [2.75, 3.05) is 0 Å². The van der Waals surface area contributed by atoms with Crippen molar-refractivity contribution in [3.63, 3.8) is 0 Å². The second-order valence-electron chi connectivity index (χ2n) is 4.60. The van der Waals surface area contributed by atoms with Gasteiger partial charge >= 0.3 is 10.3 Å². The van der Waals surface area contributed by atoms with Crippen LogP contribution in [0.1, 0.15) is 52.4 Å². The Morgan fingerprint density at radius 3 is 2.27 bits per heavy atom. The minimum Gasteiger partial charge on any atom is -0.273 e. The molecule has 0 aromatic carbocycles. The maximum absolute atomic E-state index is 11.0. The van der Waals surface area contributed by atoms with Crippen LogP contribution in [0.4, 0.5) is 0 Å². The van der Waals surface area contributed by atoms with Crippen molar-refractivity contribution in [1.82, 2.24) is 4.72 Å². The highest BCUT2D eigenvalue weighted by Gasteiger charge is 2.39. The van der Waals surface area contributed by atoms with Gasteiger partial charge in [0.2, 0.25) is 0 Å². The van der Waals surface area contributed by atoms with Crippen molar-refractivity contribution in [1.29, 1.82) is 0 Å². The van der Waals surface area contributed by atoms with Gasteiger partial charge in [-0.25, -0.2) is 0 Å². The Kier molecular flexibility index (Phi) is 4.14. The smallest absolute Gasteiger partial charge is 0.273 e. The van der Waals surface area contributed by atoms with E-state index in [-0.39, 0.29) is 5.92 Å². The third-order valence-corrected chi connectivity index (χ3v) is 4.30. The standard InChI is InChI=1S/C10H21NO3S/c1-3-9(2)10(11-15(12,13)14)7-5-4-6-8-10/h9,11H,3-8H2,1-2H3,(H,12,13,14). The summed E-state index contributed by atoms with van der Waals surface area (Å²) in [5.41, 5.74) is -0.416. The molecule has 0 bridgehead atoms. The van der Waals surface area contributed by atoms with Gasteiger partial charge in [-0.2, -0.15) is 13.1 Å². The van der Waals surface area contributed by atoms with Crippen LogP contribution in [-0.4, -0.2) is 18.5 Å². The first-order valence-electron chi connectivity index (χ1n) is 5.66. The van der Waals surface area contributed by atoms with Crippen LogP contribution in [-0.2, 0) is 10.3 Å². The lowest BCUT2D eigenvalue weighted by molar-refractivity contribution is 0.177. The van der Waals surface area contributed by atoms with Crippen LogP contribution in [0.5, 0.6) is 0 Å². The number of nitrogens with one attached hydrogen (secondary N) is 1. The maximum Gasteiger partial charge on any atom is 0.333 e. The highest BCUT2D eigenvalue weighted by molar-refractivity contribution is 7.83. The number of hydrogen-bond donors (Lipinski definition) is 2. The highest BCUT2D eigenvalue weighted by atomic mass is 32.2. The molecule has 0 aliphatic heterocycles. The van der Waals surface area contributed by atoms with Crippen molar-refractivity contribution in [3.05, 3.63) is 0 Å². The molecule has 0 spiro atoms. The monoisotopic (exact) mass is 235 g/mol. The van der Waals surface area contributed by atoms with Gasteiger partial charge in [-0.3, -0.25) is 4.55 Å². The van der Waals surface area contributed by atoms with E-state index >= 15 is 0 Å². The molecule has 0 heterocycles. The second-order valence-corrected chi connectivity index (χ2v) is 5.76. The normalized spacial score (nSPS) is 23.7. The van der Waals surface area contributed by atoms with Crippen LogP contribution in [0.15, 0.2) is 0 Å². The Bertz CT molecular complexity index is 294. The van der Waals surface area contributed by atoms with Crippen LogP contribution in [0, 0.1) is 5.92 Å². The molecular weight excluding hydrogens is 214 g/mol. The lowest BCUT2D eigenvalue weighted by Crippen LogP contribution is -2.53. The maximum atomic E-state index is 11.0. The minimum atomic E-state index is -4.09. The molecule has 0 amide bonds. The molecule has 0 aromatic heterocycles. The fraction of sp³-hybridized carbons (Fsp3) is 1.00. The topological polar surface area (TPSA) is 66.4 Å². The minimum absolute atomic E-state index is 0.264. The van der Waals surface area contributed by atoms with Gasteiger partial charge in [-0.15, -0.1) is 0 Å². The summed E-state index contributed by atoms with van der Waals surface area (Å²) < 4.78 is 33.3. The van der Waals surface area contributed by atoms with Crippen molar-refractivity contribution >= 4 is 10.3 Å². The first-order valence-corrected chi connectivity index (χ1v) is 7.10. The molecule has 1 rings (SSSR count). The van der Waals surface area contributed by atoms with Gasteiger partial charge in [0.05, 0.1) is 0 Å². The fourth-order valence-corrected chi connectivity index (χ4v) is 3.44. The van der Waals surface area contributed by atoms with Crippen LogP contribution >= 0.6 is 0 Å². The first-order chi connectivity index (χ1) is 6.90. The third kappa shape index (κ3) is 3.43. The Hall–Kier alpha value is -0.130. The molecule has 0 radical (unpaired) electrons. The van der Waals surface area contributed by atoms with Gasteiger partial charge in [0, 0.05) is 5.54 Å². The van der Waals surface area contributed by atoms with E-state index < -0.39 is 15.8 Å². The van der Waals surface area contributed by atoms with E-state index in [0.29, 0.717) is 0 Å². The zero-order chi connectivity index (χ0) is 11.5. The summed E-state index contributed by atoms with van der Waals surface area (Å²) in [6.07, 6.45) is 5.82. The van der Waals surface area contributed by atoms with Crippen LogP contribution in [0.25, 0.3) is 0 Å². The fourth-order valence-electron chi connectivity index (χ4n) is 2.53. The first kappa shape index (κ1) is 12.9. The van der Waals surface area contributed by atoms with Crippen LogP contribution in [0.2, 0.25) is 0 Å². The van der Waals surface area contributed by atoms with Gasteiger partial charge < -0.3 is 0 Å². The molecule has 0 aromatic rings. The van der Waals surface area contributed by atoms with Crippen molar-refractivity contribution in [3.8, 4) is 0 Å². The quantitative estimate of drug-likeness (QED) is 0.734. The molecule has 1 unspecified atom stereocenters. The average molecular weight is 235 g/mol. The van der Waals surface area contributed by atoms with Gasteiger partial charge in [0.15, 0.2) is 0 Å². The number of rotatable bonds is 4. The molecule has 1 fully saturated rings. The predicted octanol–water partition coefficient (Wildman–Crippen LogP) is 2.13. The van der Waals surface area contributed by atoms with E-state index in [1.54, 1.807) is 0 Å². The molecule has 1 atom stereocenters. The third-order valence-electron chi connectivity index (χ3n) is 3.63. The van der Waals surface area contributed by atoms with Crippen LogP contribution in [0.3, 0.4) is 0 Å². The van der Waals surface area contributed by atoms with E-state index in [1.807, 2.05) is 13.8 Å². The van der Waals surface area contributed by atoms with E-state index in [4.69, 9.17) is 4.55 Å². The molecule has 15 heavy (non-hydrogen) atoms.